The Labute approximate surface area is 203 Å². The van der Waals surface area contributed by atoms with E-state index in [0.717, 1.165) is 31.3 Å². The van der Waals surface area contributed by atoms with Gasteiger partial charge in [-0.05, 0) is 37.8 Å². The molecule has 5 rings (SSSR count). The van der Waals surface area contributed by atoms with Gasteiger partial charge in [-0.25, -0.2) is 9.97 Å². The topological polar surface area (TPSA) is 130 Å². The Bertz CT molecular complexity index is 1140. The maximum absolute atomic E-state index is 12.7. The molecule has 1 amide bonds. The molecule has 0 radical (unpaired) electrons. The fraction of sp³-hybridized carbons (Fsp3) is 0.542. The predicted octanol–water partition coefficient (Wildman–Crippen LogP) is 2.74. The van der Waals surface area contributed by atoms with E-state index in [-0.39, 0.29) is 12.5 Å². The van der Waals surface area contributed by atoms with Crippen LogP contribution in [0.15, 0.2) is 24.7 Å². The maximum Gasteiger partial charge on any atom is 0.272 e. The number of morpholine rings is 1. The number of aromatic nitrogens is 5. The molecule has 2 fully saturated rings. The van der Waals surface area contributed by atoms with E-state index in [4.69, 9.17) is 14.8 Å². The molecule has 1 saturated carbocycles. The van der Waals surface area contributed by atoms with Crippen molar-refractivity contribution in [3.63, 3.8) is 0 Å². The summed E-state index contributed by atoms with van der Waals surface area (Å²) in [6, 6.07) is 3.96. The lowest BCUT2D eigenvalue weighted by molar-refractivity contribution is 0.0299. The summed E-state index contributed by atoms with van der Waals surface area (Å²) in [7, 11) is 0. The number of aliphatic hydroxyl groups is 1. The number of nitrogens with zero attached hydrogens (tertiary/aromatic N) is 6. The van der Waals surface area contributed by atoms with Gasteiger partial charge in [-0.1, -0.05) is 12.8 Å². The molecule has 4 heterocycles. The number of aliphatic hydroxyl groups excluding tert-OH is 1. The summed E-state index contributed by atoms with van der Waals surface area (Å²) in [4.78, 5) is 32.9. The lowest BCUT2D eigenvalue weighted by Crippen LogP contribution is -2.41. The van der Waals surface area contributed by atoms with Gasteiger partial charge in [0.15, 0.2) is 17.0 Å². The van der Waals surface area contributed by atoms with E-state index in [1.165, 1.54) is 12.8 Å². The number of carbonyl (C=O) groups excluding carboxylic acids is 1. The second-order valence-corrected chi connectivity index (χ2v) is 8.98. The molecule has 3 aromatic rings. The van der Waals surface area contributed by atoms with E-state index >= 15 is 0 Å². The van der Waals surface area contributed by atoms with Gasteiger partial charge < -0.3 is 29.9 Å². The summed E-state index contributed by atoms with van der Waals surface area (Å²) >= 11 is 0. The predicted molar refractivity (Wildman–Crippen MR) is 132 cm³/mol. The Morgan fingerprint density at radius 2 is 1.94 bits per heavy atom. The summed E-state index contributed by atoms with van der Waals surface area (Å²) in [6.07, 6.45) is 9.73. The summed E-state index contributed by atoms with van der Waals surface area (Å²) in [5, 5.41) is 15.7. The van der Waals surface area contributed by atoms with Crippen LogP contribution in [0.4, 0.5) is 17.5 Å². The Kier molecular flexibility index (Phi) is 7.34. The average molecular weight is 481 g/mol. The quantitative estimate of drug-likeness (QED) is 0.396. The largest absolute Gasteiger partial charge is 0.396 e. The van der Waals surface area contributed by atoms with E-state index < -0.39 is 0 Å². The molecule has 11 nitrogen and oxygen atoms in total. The van der Waals surface area contributed by atoms with Crippen LogP contribution in [0.3, 0.4) is 0 Å². The molecule has 0 aromatic carbocycles. The highest BCUT2D eigenvalue weighted by Gasteiger charge is 2.23. The standard InChI is InChI=1S/C24H32N8O3/c33-12-4-3-9-25-24-29-21(20-22(30-24)32(16-27-20)18-5-1-2-6-18)28-17-7-8-19(26-15-17)23(34)31-10-13-35-14-11-31/h7-8,15-16,18,33H,1-6,9-14H2,(H2,25,28,29,30). The Balaban J connectivity index is 1.38. The summed E-state index contributed by atoms with van der Waals surface area (Å²) < 4.78 is 7.49. The minimum atomic E-state index is -0.0889. The molecule has 0 unspecified atom stereocenters. The van der Waals surface area contributed by atoms with Crippen LogP contribution in [-0.4, -0.2) is 79.9 Å². The Morgan fingerprint density at radius 1 is 1.11 bits per heavy atom. The molecule has 2 aliphatic rings. The maximum atomic E-state index is 12.7. The SMILES string of the molecule is O=C(c1ccc(Nc2nc(NCCCCO)nc3c2ncn3C2CCCC2)cn1)N1CCOCC1. The summed E-state index contributed by atoms with van der Waals surface area (Å²) in [5.74, 6) is 1.02. The van der Waals surface area contributed by atoms with Crippen molar-refractivity contribution in [1.29, 1.82) is 0 Å². The van der Waals surface area contributed by atoms with Crippen molar-refractivity contribution in [1.82, 2.24) is 29.4 Å². The number of unbranched alkanes of at least 4 members (excludes halogenated alkanes) is 1. The van der Waals surface area contributed by atoms with Crippen LogP contribution < -0.4 is 10.6 Å². The molecule has 0 bridgehead atoms. The fourth-order valence-electron chi connectivity index (χ4n) is 4.63. The Hall–Kier alpha value is -3.31. The van der Waals surface area contributed by atoms with E-state index in [1.807, 2.05) is 12.4 Å². The lowest BCUT2D eigenvalue weighted by Gasteiger charge is -2.26. The minimum Gasteiger partial charge on any atom is -0.396 e. The van der Waals surface area contributed by atoms with Crippen LogP contribution in [0.25, 0.3) is 11.2 Å². The number of anilines is 3. The molecule has 1 saturated heterocycles. The highest BCUT2D eigenvalue weighted by molar-refractivity contribution is 5.93. The highest BCUT2D eigenvalue weighted by atomic mass is 16.5. The van der Waals surface area contributed by atoms with Crippen LogP contribution in [0, 0.1) is 0 Å². The normalized spacial score (nSPS) is 16.7. The van der Waals surface area contributed by atoms with E-state index in [0.29, 0.717) is 67.6 Å². The van der Waals surface area contributed by atoms with Crippen molar-refractivity contribution in [2.75, 3.05) is 50.1 Å². The number of ether oxygens (including phenoxy) is 1. The average Bonchev–Trinajstić information content (AvgIpc) is 3.57. The number of imidazole rings is 1. The smallest absolute Gasteiger partial charge is 0.272 e. The molecule has 1 aliphatic carbocycles. The number of hydrogen-bond donors (Lipinski definition) is 3. The lowest BCUT2D eigenvalue weighted by atomic mass is 10.2. The molecule has 0 spiro atoms. The highest BCUT2D eigenvalue weighted by Crippen LogP contribution is 2.33. The zero-order chi connectivity index (χ0) is 24.0. The van der Waals surface area contributed by atoms with Gasteiger partial charge in [-0.2, -0.15) is 9.97 Å². The second kappa shape index (κ2) is 11.0. The van der Waals surface area contributed by atoms with Gasteiger partial charge >= 0.3 is 0 Å². The fourth-order valence-corrected chi connectivity index (χ4v) is 4.63. The summed E-state index contributed by atoms with van der Waals surface area (Å²) in [5.41, 5.74) is 2.62. The van der Waals surface area contributed by atoms with Crippen LogP contribution in [0.5, 0.6) is 0 Å². The Morgan fingerprint density at radius 3 is 2.69 bits per heavy atom. The van der Waals surface area contributed by atoms with Gasteiger partial charge in [0, 0.05) is 32.3 Å². The van der Waals surface area contributed by atoms with Gasteiger partial charge in [0.05, 0.1) is 31.4 Å². The molecule has 0 atom stereocenters. The van der Waals surface area contributed by atoms with E-state index in [1.54, 1.807) is 17.2 Å². The van der Waals surface area contributed by atoms with Crippen molar-refractivity contribution in [3.8, 4) is 0 Å². The first-order valence-corrected chi connectivity index (χ1v) is 12.4. The molecular formula is C24H32N8O3. The minimum absolute atomic E-state index is 0.0889. The zero-order valence-electron chi connectivity index (χ0n) is 19.8. The van der Waals surface area contributed by atoms with Gasteiger partial charge in [0.2, 0.25) is 5.95 Å². The molecule has 3 N–H and O–H groups in total. The third-order valence-electron chi connectivity index (χ3n) is 6.55. The first kappa shape index (κ1) is 23.4. The van der Waals surface area contributed by atoms with Gasteiger partial charge in [0.25, 0.3) is 5.91 Å². The molecular weight excluding hydrogens is 448 g/mol. The number of carbonyl (C=O) groups is 1. The van der Waals surface area contributed by atoms with Crippen LogP contribution in [-0.2, 0) is 4.74 Å². The van der Waals surface area contributed by atoms with E-state index in [2.05, 4.69) is 30.2 Å². The number of hydrogen-bond acceptors (Lipinski definition) is 9. The third kappa shape index (κ3) is 5.35. The van der Waals surface area contributed by atoms with Crippen LogP contribution >= 0.6 is 0 Å². The molecule has 186 valence electrons. The number of fused-ring (bicyclic) bond motifs is 1. The number of amides is 1. The molecule has 1 aliphatic heterocycles. The van der Waals surface area contributed by atoms with Crippen molar-refractivity contribution in [2.45, 2.75) is 44.6 Å². The molecule has 3 aromatic heterocycles. The van der Waals surface area contributed by atoms with Gasteiger partial charge in [-0.3, -0.25) is 4.79 Å². The van der Waals surface area contributed by atoms with Gasteiger partial charge in [-0.15, -0.1) is 0 Å². The number of rotatable bonds is 9. The van der Waals surface area contributed by atoms with Crippen molar-refractivity contribution < 1.29 is 14.6 Å². The van der Waals surface area contributed by atoms with Crippen molar-refractivity contribution in [2.24, 2.45) is 0 Å². The van der Waals surface area contributed by atoms with Crippen LogP contribution in [0.2, 0.25) is 0 Å². The van der Waals surface area contributed by atoms with Crippen LogP contribution in [0.1, 0.15) is 55.1 Å². The monoisotopic (exact) mass is 480 g/mol. The third-order valence-corrected chi connectivity index (χ3v) is 6.55. The zero-order valence-corrected chi connectivity index (χ0v) is 19.8. The summed E-state index contributed by atoms with van der Waals surface area (Å²) in [6.45, 7) is 3.11. The van der Waals surface area contributed by atoms with E-state index in [9.17, 15) is 4.79 Å². The number of pyridine rings is 1. The number of nitrogens with one attached hydrogen (secondary N) is 2. The van der Waals surface area contributed by atoms with Crippen molar-refractivity contribution in [3.05, 3.63) is 30.4 Å². The second-order valence-electron chi connectivity index (χ2n) is 8.98. The van der Waals surface area contributed by atoms with Gasteiger partial charge in [0.1, 0.15) is 5.69 Å². The first-order valence-electron chi connectivity index (χ1n) is 12.4. The van der Waals surface area contributed by atoms with Crippen molar-refractivity contribution >= 4 is 34.5 Å². The first-order chi connectivity index (χ1) is 17.2. The molecule has 11 heteroatoms. The molecule has 35 heavy (non-hydrogen) atoms.